The number of rotatable bonds is 6. The van der Waals surface area contributed by atoms with Crippen LogP contribution in [0.5, 0.6) is 5.75 Å². The van der Waals surface area contributed by atoms with Gasteiger partial charge in [0.2, 0.25) is 0 Å². The maximum Gasteiger partial charge on any atom is 0.257 e. The van der Waals surface area contributed by atoms with Crippen LogP contribution < -0.4 is 21.5 Å². The van der Waals surface area contributed by atoms with E-state index in [1.54, 1.807) is 26.2 Å². The Balaban J connectivity index is 1.86. The van der Waals surface area contributed by atoms with E-state index in [0.29, 0.717) is 5.92 Å². The minimum absolute atomic E-state index is 0.126. The molecule has 2 aromatic carbocycles. The molecule has 28 heavy (non-hydrogen) atoms. The van der Waals surface area contributed by atoms with Gasteiger partial charge in [-0.15, -0.1) is 0 Å². The highest BCUT2D eigenvalue weighted by Gasteiger charge is 2.29. The minimum Gasteiger partial charge on any atom is -0.505 e. The number of carbonyl (C=O) groups is 1. The molecule has 0 bridgehead atoms. The first-order chi connectivity index (χ1) is 13.3. The monoisotopic (exact) mass is 385 g/mol. The van der Waals surface area contributed by atoms with Gasteiger partial charge in [0.05, 0.1) is 11.3 Å². The Morgan fingerprint density at radius 2 is 1.82 bits per heavy atom. The third-order valence-corrected chi connectivity index (χ3v) is 5.61. The number of phenols is 1. The minimum atomic E-state index is -0.616. The number of benzene rings is 1. The largest absolute Gasteiger partial charge is 0.505 e. The Hall–Kier alpha value is -2.83. The maximum absolute atomic E-state index is 12.2. The van der Waals surface area contributed by atoms with Crippen molar-refractivity contribution < 1.29 is 9.90 Å². The normalized spacial score (nSPS) is 19.4. The molecule has 1 fully saturated rings. The number of aromatic hydroxyl groups is 1. The predicted octanol–water partition coefficient (Wildman–Crippen LogP) is 2.81. The number of nitrogens with zero attached hydrogens (tertiary/aromatic N) is 1. The number of phenolic OH excluding ortho intramolecular Hbond substituents is 1. The van der Waals surface area contributed by atoms with E-state index in [1.165, 1.54) is 17.4 Å². The highest BCUT2D eigenvalue weighted by Crippen LogP contribution is 2.34. The fourth-order valence-corrected chi connectivity index (χ4v) is 3.91. The lowest BCUT2D eigenvalue weighted by Gasteiger charge is -2.33. The van der Waals surface area contributed by atoms with E-state index >= 15 is 0 Å². The van der Waals surface area contributed by atoms with Crippen molar-refractivity contribution in [3.05, 3.63) is 44.2 Å². The van der Waals surface area contributed by atoms with Crippen LogP contribution in [0, 0.1) is 5.92 Å². The molecular weight excluding hydrogens is 358 g/mol. The molecule has 7 heteroatoms. The van der Waals surface area contributed by atoms with Gasteiger partial charge in [0.25, 0.3) is 16.8 Å². The maximum atomic E-state index is 12.2. The van der Waals surface area contributed by atoms with E-state index < -0.39 is 10.9 Å². The third kappa shape index (κ3) is 3.61. The first kappa shape index (κ1) is 19.9. The number of carbonyl (C=O) groups excluding carboxylic acids is 1. The second-order valence-electron chi connectivity index (χ2n) is 7.64. The zero-order valence-corrected chi connectivity index (χ0v) is 16.5. The Morgan fingerprint density at radius 3 is 2.50 bits per heavy atom. The molecule has 2 aromatic rings. The number of nitrogens with one attached hydrogen (secondary N) is 2. The van der Waals surface area contributed by atoms with Gasteiger partial charge in [-0.25, -0.2) is 0 Å². The molecule has 7 nitrogen and oxygen atoms in total. The van der Waals surface area contributed by atoms with Crippen molar-refractivity contribution in [2.45, 2.75) is 45.1 Å². The van der Waals surface area contributed by atoms with E-state index in [4.69, 9.17) is 0 Å². The zero-order chi connectivity index (χ0) is 20.4. The summed E-state index contributed by atoms with van der Waals surface area (Å²) >= 11 is 0. The van der Waals surface area contributed by atoms with Crippen molar-refractivity contribution in [3.63, 3.8) is 0 Å². The second-order valence-corrected chi connectivity index (χ2v) is 7.64. The van der Waals surface area contributed by atoms with Crippen LogP contribution in [0.15, 0.2) is 27.8 Å². The van der Waals surface area contributed by atoms with Crippen molar-refractivity contribution >= 4 is 23.0 Å². The van der Waals surface area contributed by atoms with Crippen molar-refractivity contribution in [3.8, 4) is 5.75 Å². The van der Waals surface area contributed by atoms with Gasteiger partial charge < -0.3 is 20.6 Å². The van der Waals surface area contributed by atoms with E-state index in [-0.39, 0.29) is 40.3 Å². The molecule has 0 unspecified atom stereocenters. The standard InChI is InChI=1S/C21H27N3O4/c1-4-12-8-5-6-10-14(12)22-16-17(20(27)19(16)26)23-15-11-7-9-13(18(15)25)21(28)24(2)3/h7,9,11-12,14,22-23,25H,4-6,8,10H2,1-3H3/t12-,14-/m1/s1. The Kier molecular flexibility index (Phi) is 5.72. The van der Waals surface area contributed by atoms with Gasteiger partial charge in [-0.05, 0) is 30.9 Å². The van der Waals surface area contributed by atoms with E-state index in [0.717, 1.165) is 25.7 Å². The molecular formula is C21H27N3O4. The number of hydrogen-bond donors (Lipinski definition) is 3. The molecule has 0 aliphatic heterocycles. The van der Waals surface area contributed by atoms with Crippen LogP contribution in [0.3, 0.4) is 0 Å². The van der Waals surface area contributed by atoms with Gasteiger partial charge in [-0.1, -0.05) is 32.3 Å². The van der Waals surface area contributed by atoms with Crippen molar-refractivity contribution in [1.82, 2.24) is 4.90 Å². The highest BCUT2D eigenvalue weighted by molar-refractivity contribution is 5.99. The first-order valence-corrected chi connectivity index (χ1v) is 9.75. The first-order valence-electron chi connectivity index (χ1n) is 9.75. The van der Waals surface area contributed by atoms with Crippen molar-refractivity contribution in [2.24, 2.45) is 5.92 Å². The Bertz CT molecular complexity index is 944. The average Bonchev–Trinajstić information content (AvgIpc) is 2.71. The summed E-state index contributed by atoms with van der Waals surface area (Å²) < 4.78 is 0. The summed E-state index contributed by atoms with van der Waals surface area (Å²) in [7, 11) is 3.18. The van der Waals surface area contributed by atoms with Gasteiger partial charge in [0, 0.05) is 20.1 Å². The number of hydrogen-bond acceptors (Lipinski definition) is 6. The molecule has 1 amide bonds. The fraction of sp³-hybridized carbons (Fsp3) is 0.476. The molecule has 150 valence electrons. The Labute approximate surface area is 164 Å². The molecule has 1 aliphatic rings. The number of anilines is 3. The summed E-state index contributed by atoms with van der Waals surface area (Å²) in [5.74, 6) is -0.123. The van der Waals surface area contributed by atoms with Crippen LogP contribution in [-0.4, -0.2) is 36.1 Å². The highest BCUT2D eigenvalue weighted by atomic mass is 16.3. The molecule has 0 aromatic heterocycles. The van der Waals surface area contributed by atoms with Gasteiger partial charge in [0.1, 0.15) is 11.4 Å². The number of para-hydroxylation sites is 1. The smallest absolute Gasteiger partial charge is 0.257 e. The molecule has 3 N–H and O–H groups in total. The topological polar surface area (TPSA) is 98.7 Å². The summed E-state index contributed by atoms with van der Waals surface area (Å²) in [4.78, 5) is 37.8. The van der Waals surface area contributed by atoms with E-state index in [9.17, 15) is 19.5 Å². The lowest BCUT2D eigenvalue weighted by Crippen LogP contribution is -2.41. The fourth-order valence-electron chi connectivity index (χ4n) is 3.91. The van der Waals surface area contributed by atoms with Gasteiger partial charge in [0.15, 0.2) is 5.75 Å². The lowest BCUT2D eigenvalue weighted by atomic mass is 9.82. The van der Waals surface area contributed by atoms with Crippen LogP contribution in [0.4, 0.5) is 17.1 Å². The second kappa shape index (κ2) is 8.04. The SMILES string of the molecule is CC[C@@H]1CCCC[C@H]1Nc1c(Nc2cccc(C(=O)N(C)C)c2O)c(=O)c1=O. The molecule has 0 spiro atoms. The van der Waals surface area contributed by atoms with Crippen LogP contribution >= 0.6 is 0 Å². The van der Waals surface area contributed by atoms with Gasteiger partial charge in [-0.3, -0.25) is 14.4 Å². The van der Waals surface area contributed by atoms with Gasteiger partial charge in [-0.2, -0.15) is 0 Å². The summed E-state index contributed by atoms with van der Waals surface area (Å²) in [6.07, 6.45) is 5.39. The molecule has 0 radical (unpaired) electrons. The van der Waals surface area contributed by atoms with Crippen LogP contribution in [0.2, 0.25) is 0 Å². The van der Waals surface area contributed by atoms with Gasteiger partial charge >= 0.3 is 0 Å². The van der Waals surface area contributed by atoms with E-state index in [2.05, 4.69) is 17.6 Å². The lowest BCUT2D eigenvalue weighted by molar-refractivity contribution is 0.0824. The van der Waals surface area contributed by atoms with E-state index in [1.807, 2.05) is 0 Å². The quantitative estimate of drug-likeness (QED) is 0.522. The molecule has 0 saturated heterocycles. The molecule has 1 saturated carbocycles. The Morgan fingerprint density at radius 1 is 1.14 bits per heavy atom. The molecule has 0 heterocycles. The van der Waals surface area contributed by atoms with Crippen LogP contribution in [0.1, 0.15) is 49.4 Å². The summed E-state index contributed by atoms with van der Waals surface area (Å²) in [5, 5.41) is 16.6. The van der Waals surface area contributed by atoms with Crippen LogP contribution in [0.25, 0.3) is 0 Å². The molecule has 3 rings (SSSR count). The third-order valence-electron chi connectivity index (χ3n) is 5.61. The zero-order valence-electron chi connectivity index (χ0n) is 16.5. The molecule has 2 atom stereocenters. The van der Waals surface area contributed by atoms with Crippen molar-refractivity contribution in [2.75, 3.05) is 24.7 Å². The summed E-state index contributed by atoms with van der Waals surface area (Å²) in [5.41, 5.74) is -0.382. The summed E-state index contributed by atoms with van der Waals surface area (Å²) in [6, 6.07) is 4.86. The predicted molar refractivity (Wildman–Crippen MR) is 110 cm³/mol. The average molecular weight is 385 g/mol. The van der Waals surface area contributed by atoms with Crippen LogP contribution in [-0.2, 0) is 0 Å². The molecule has 1 aliphatic carbocycles. The summed E-state index contributed by atoms with van der Waals surface area (Å²) in [6.45, 7) is 2.14. The van der Waals surface area contributed by atoms with Crippen molar-refractivity contribution in [1.29, 1.82) is 0 Å². The number of amides is 1.